The molecule has 12 heteroatoms. The van der Waals surface area contributed by atoms with Crippen LogP contribution < -0.4 is 10.3 Å². The van der Waals surface area contributed by atoms with E-state index in [0.717, 1.165) is 11.9 Å². The van der Waals surface area contributed by atoms with E-state index >= 15 is 0 Å². The monoisotopic (exact) mass is 403 g/mol. The third-order valence-electron chi connectivity index (χ3n) is 3.83. The molecule has 3 rings (SSSR count). The number of nitro groups is 1. The van der Waals surface area contributed by atoms with Gasteiger partial charge in [-0.1, -0.05) is 17.7 Å². The predicted octanol–water partition coefficient (Wildman–Crippen LogP) is 1.80. The van der Waals surface area contributed by atoms with Crippen molar-refractivity contribution in [3.63, 3.8) is 0 Å². The lowest BCUT2D eigenvalue weighted by Crippen LogP contribution is -2.30. The Morgan fingerprint density at radius 2 is 1.79 bits per heavy atom. The van der Waals surface area contributed by atoms with Crippen LogP contribution in [0.4, 0.5) is 11.5 Å². The maximum Gasteiger partial charge on any atom is 0.356 e. The SMILES string of the molecule is Cc1ccc(S(=O)(=O)NNc2ncnc(-n3nc(C)cc3C)c2[N+](=O)[O-])cc1. The fourth-order valence-corrected chi connectivity index (χ4v) is 3.36. The van der Waals surface area contributed by atoms with Gasteiger partial charge in [-0.05, 0) is 39.0 Å². The zero-order valence-electron chi connectivity index (χ0n) is 15.2. The summed E-state index contributed by atoms with van der Waals surface area (Å²) in [6, 6.07) is 7.87. The van der Waals surface area contributed by atoms with E-state index in [2.05, 4.69) is 25.3 Å². The van der Waals surface area contributed by atoms with Crippen LogP contribution in [-0.4, -0.2) is 33.1 Å². The Morgan fingerprint density at radius 1 is 1.11 bits per heavy atom. The second-order valence-corrected chi connectivity index (χ2v) is 7.72. The van der Waals surface area contributed by atoms with E-state index in [9.17, 15) is 18.5 Å². The van der Waals surface area contributed by atoms with E-state index in [0.29, 0.717) is 11.4 Å². The summed E-state index contributed by atoms with van der Waals surface area (Å²) in [7, 11) is -3.97. The molecular formula is C16H17N7O4S. The predicted molar refractivity (Wildman–Crippen MR) is 100 cm³/mol. The molecule has 2 N–H and O–H groups in total. The van der Waals surface area contributed by atoms with Crippen LogP contribution in [0.2, 0.25) is 0 Å². The van der Waals surface area contributed by atoms with Gasteiger partial charge in [-0.2, -0.15) is 5.10 Å². The van der Waals surface area contributed by atoms with Crippen LogP contribution in [0.15, 0.2) is 41.6 Å². The first-order chi connectivity index (χ1) is 13.2. The van der Waals surface area contributed by atoms with Crippen molar-refractivity contribution in [1.82, 2.24) is 24.6 Å². The summed E-state index contributed by atoms with van der Waals surface area (Å²) in [6.45, 7) is 5.29. The Morgan fingerprint density at radius 3 is 2.36 bits per heavy atom. The van der Waals surface area contributed by atoms with Crippen LogP contribution in [0, 0.1) is 30.9 Å². The number of nitrogens with zero attached hydrogens (tertiary/aromatic N) is 5. The van der Waals surface area contributed by atoms with Gasteiger partial charge < -0.3 is 0 Å². The number of hydrazine groups is 1. The van der Waals surface area contributed by atoms with Gasteiger partial charge in [0.2, 0.25) is 11.6 Å². The van der Waals surface area contributed by atoms with Crippen molar-refractivity contribution in [3.05, 3.63) is 63.7 Å². The quantitative estimate of drug-likeness (QED) is 0.468. The maximum absolute atomic E-state index is 12.4. The molecule has 1 aromatic carbocycles. The van der Waals surface area contributed by atoms with Gasteiger partial charge in [-0.25, -0.2) is 23.1 Å². The average molecular weight is 403 g/mol. The summed E-state index contributed by atoms with van der Waals surface area (Å²) in [5, 5.41) is 15.8. The molecule has 0 fully saturated rings. The molecular weight excluding hydrogens is 386 g/mol. The number of anilines is 1. The lowest BCUT2D eigenvalue weighted by molar-refractivity contribution is -0.384. The van der Waals surface area contributed by atoms with Crippen LogP contribution in [0.25, 0.3) is 5.82 Å². The zero-order chi connectivity index (χ0) is 20.5. The normalized spacial score (nSPS) is 11.4. The Balaban J connectivity index is 1.96. The van der Waals surface area contributed by atoms with Crippen molar-refractivity contribution >= 4 is 21.5 Å². The Labute approximate surface area is 160 Å². The molecule has 2 aromatic heterocycles. The summed E-state index contributed by atoms with van der Waals surface area (Å²) >= 11 is 0. The summed E-state index contributed by atoms with van der Waals surface area (Å²) in [4.78, 5) is 20.8. The molecule has 0 aliphatic carbocycles. The lowest BCUT2D eigenvalue weighted by atomic mass is 10.2. The minimum atomic E-state index is -3.97. The van der Waals surface area contributed by atoms with Gasteiger partial charge in [0.25, 0.3) is 10.0 Å². The molecule has 0 aliphatic heterocycles. The molecule has 2 heterocycles. The Hall–Kier alpha value is -3.38. The largest absolute Gasteiger partial charge is 0.356 e. The number of nitrogens with one attached hydrogen (secondary N) is 2. The van der Waals surface area contributed by atoms with Gasteiger partial charge in [0.15, 0.2) is 0 Å². The van der Waals surface area contributed by atoms with Gasteiger partial charge in [-0.15, -0.1) is 4.83 Å². The maximum atomic E-state index is 12.4. The van der Waals surface area contributed by atoms with E-state index in [1.807, 2.05) is 6.92 Å². The van der Waals surface area contributed by atoms with E-state index in [1.54, 1.807) is 32.0 Å². The molecule has 0 atom stereocenters. The average Bonchev–Trinajstić information content (AvgIpc) is 2.98. The molecule has 0 aliphatic rings. The number of rotatable bonds is 6. The molecule has 146 valence electrons. The third kappa shape index (κ3) is 3.82. The standard InChI is InChI=1S/C16H17N7O4S/c1-10-4-6-13(7-5-10)28(26,27)21-19-15-14(23(24)25)16(18-9-17-15)22-12(3)8-11(2)20-22/h4-9,21H,1-3H3,(H,17,18,19). The first-order valence-corrected chi connectivity index (χ1v) is 9.55. The number of benzene rings is 1. The second-order valence-electron chi connectivity index (χ2n) is 6.03. The van der Waals surface area contributed by atoms with Gasteiger partial charge in [0.05, 0.1) is 15.5 Å². The first-order valence-electron chi connectivity index (χ1n) is 8.06. The molecule has 3 aromatic rings. The van der Waals surface area contributed by atoms with Crippen molar-refractivity contribution in [2.24, 2.45) is 0 Å². The van der Waals surface area contributed by atoms with E-state index < -0.39 is 20.6 Å². The van der Waals surface area contributed by atoms with E-state index in [4.69, 9.17) is 0 Å². The smallest absolute Gasteiger partial charge is 0.286 e. The van der Waals surface area contributed by atoms with Crippen LogP contribution in [0.5, 0.6) is 0 Å². The molecule has 0 unspecified atom stereocenters. The highest BCUT2D eigenvalue weighted by molar-refractivity contribution is 7.89. The molecule has 0 radical (unpaired) electrons. The minimum absolute atomic E-state index is 0.000998. The van der Waals surface area contributed by atoms with Gasteiger partial charge >= 0.3 is 5.69 Å². The molecule has 0 saturated heterocycles. The Bertz CT molecular complexity index is 1140. The summed E-state index contributed by atoms with van der Waals surface area (Å²) in [6.07, 6.45) is 1.08. The van der Waals surface area contributed by atoms with Crippen LogP contribution in [0.1, 0.15) is 17.0 Å². The van der Waals surface area contributed by atoms with Crippen molar-refractivity contribution in [1.29, 1.82) is 0 Å². The fraction of sp³-hybridized carbons (Fsp3) is 0.188. The summed E-state index contributed by atoms with van der Waals surface area (Å²) in [5.41, 5.74) is 3.98. The van der Waals surface area contributed by atoms with E-state index in [1.165, 1.54) is 16.8 Å². The van der Waals surface area contributed by atoms with Crippen LogP contribution in [0.3, 0.4) is 0 Å². The highest BCUT2D eigenvalue weighted by atomic mass is 32.2. The van der Waals surface area contributed by atoms with Gasteiger partial charge in [0.1, 0.15) is 6.33 Å². The topological polar surface area (TPSA) is 145 Å². The van der Waals surface area contributed by atoms with Crippen LogP contribution >= 0.6 is 0 Å². The molecule has 0 spiro atoms. The minimum Gasteiger partial charge on any atom is -0.286 e. The third-order valence-corrected chi connectivity index (χ3v) is 5.09. The number of hydrogen-bond acceptors (Lipinski definition) is 8. The lowest BCUT2D eigenvalue weighted by Gasteiger charge is -2.11. The summed E-state index contributed by atoms with van der Waals surface area (Å²) < 4.78 is 26.1. The number of hydrogen-bond donors (Lipinski definition) is 2. The fourth-order valence-electron chi connectivity index (χ4n) is 2.52. The second kappa shape index (κ2) is 7.32. The number of aryl methyl sites for hydroxylation is 3. The number of sulfonamides is 1. The molecule has 11 nitrogen and oxygen atoms in total. The highest BCUT2D eigenvalue weighted by Crippen LogP contribution is 2.28. The number of aromatic nitrogens is 4. The van der Waals surface area contributed by atoms with Crippen molar-refractivity contribution in [3.8, 4) is 5.82 Å². The van der Waals surface area contributed by atoms with Crippen molar-refractivity contribution < 1.29 is 13.3 Å². The Kier molecular flexibility index (Phi) is 5.07. The summed E-state index contributed by atoms with van der Waals surface area (Å²) in [5.74, 6) is -0.388. The van der Waals surface area contributed by atoms with Crippen LogP contribution in [-0.2, 0) is 10.0 Å². The molecule has 0 saturated carbocycles. The zero-order valence-corrected chi connectivity index (χ0v) is 16.1. The van der Waals surface area contributed by atoms with Crippen molar-refractivity contribution in [2.45, 2.75) is 25.7 Å². The van der Waals surface area contributed by atoms with E-state index in [-0.39, 0.29) is 16.5 Å². The highest BCUT2D eigenvalue weighted by Gasteiger charge is 2.27. The molecule has 0 bridgehead atoms. The van der Waals surface area contributed by atoms with Gasteiger partial charge in [-0.3, -0.25) is 15.5 Å². The van der Waals surface area contributed by atoms with Gasteiger partial charge in [0, 0.05) is 5.69 Å². The first kappa shape index (κ1) is 19.4. The molecule has 0 amide bonds. The molecule has 28 heavy (non-hydrogen) atoms. The van der Waals surface area contributed by atoms with Crippen molar-refractivity contribution in [2.75, 3.05) is 5.43 Å².